The van der Waals surface area contributed by atoms with Gasteiger partial charge in [0.05, 0.1) is 11.2 Å². The Bertz CT molecular complexity index is 1120. The number of likely N-dealkylation sites (tertiary alicyclic amines) is 1. The number of aromatic carboxylic acids is 1. The van der Waals surface area contributed by atoms with Gasteiger partial charge >= 0.3 is 5.97 Å². The average molecular weight is 439 g/mol. The van der Waals surface area contributed by atoms with Gasteiger partial charge in [-0.05, 0) is 73.6 Å². The van der Waals surface area contributed by atoms with Crippen molar-refractivity contribution in [1.82, 2.24) is 9.88 Å². The van der Waals surface area contributed by atoms with Gasteiger partial charge in [0.25, 0.3) is 0 Å². The highest BCUT2D eigenvalue weighted by atomic mass is 35.5. The van der Waals surface area contributed by atoms with E-state index >= 15 is 0 Å². The maximum atomic E-state index is 11.3. The first-order valence-corrected chi connectivity index (χ1v) is 11.3. The van der Waals surface area contributed by atoms with Crippen molar-refractivity contribution in [2.24, 2.45) is 0 Å². The number of rotatable bonds is 4. The van der Waals surface area contributed by atoms with E-state index in [2.05, 4.69) is 22.9 Å². The normalized spacial score (nSPS) is 24.3. The third-order valence-corrected chi connectivity index (χ3v) is 7.38. The molecule has 1 spiro atoms. The van der Waals surface area contributed by atoms with E-state index in [0.717, 1.165) is 72.6 Å². The Kier molecular flexibility index (Phi) is 5.29. The summed E-state index contributed by atoms with van der Waals surface area (Å²) in [7, 11) is 0. The average Bonchev–Trinajstić information content (AvgIpc) is 3.42. The van der Waals surface area contributed by atoms with E-state index in [1.807, 2.05) is 24.4 Å². The number of piperidine rings is 1. The van der Waals surface area contributed by atoms with E-state index in [4.69, 9.17) is 16.3 Å². The highest BCUT2D eigenvalue weighted by Crippen LogP contribution is 2.45. The Morgan fingerprint density at radius 1 is 1.29 bits per heavy atom. The maximum absolute atomic E-state index is 11.3. The second kappa shape index (κ2) is 7.97. The number of hydrogen-bond donors (Lipinski definition) is 2. The molecule has 1 unspecified atom stereocenters. The molecule has 0 saturated carbocycles. The number of aromatic nitrogens is 1. The number of carboxylic acids is 1. The third kappa shape index (κ3) is 3.75. The monoisotopic (exact) mass is 438 g/mol. The molecular formula is C25H27ClN2O3. The van der Waals surface area contributed by atoms with Gasteiger partial charge in [-0.3, -0.25) is 4.90 Å². The molecule has 2 aromatic carbocycles. The van der Waals surface area contributed by atoms with Gasteiger partial charge in [-0.25, -0.2) is 4.79 Å². The Morgan fingerprint density at radius 3 is 2.81 bits per heavy atom. The van der Waals surface area contributed by atoms with E-state index in [9.17, 15) is 9.90 Å². The van der Waals surface area contributed by atoms with E-state index in [1.165, 1.54) is 5.39 Å². The predicted octanol–water partition coefficient (Wildman–Crippen LogP) is 5.71. The second-order valence-electron chi connectivity index (χ2n) is 8.92. The minimum absolute atomic E-state index is 0.0624. The Hall–Kier alpha value is -2.34. The van der Waals surface area contributed by atoms with E-state index in [1.54, 1.807) is 12.1 Å². The van der Waals surface area contributed by atoms with Crippen molar-refractivity contribution in [2.45, 2.75) is 50.8 Å². The van der Waals surface area contributed by atoms with Gasteiger partial charge in [-0.15, -0.1) is 0 Å². The highest BCUT2D eigenvalue weighted by molar-refractivity contribution is 6.32. The molecule has 31 heavy (non-hydrogen) atoms. The molecule has 0 radical (unpaired) electrons. The number of benzene rings is 2. The summed E-state index contributed by atoms with van der Waals surface area (Å²) < 4.78 is 6.24. The van der Waals surface area contributed by atoms with Crippen molar-refractivity contribution < 1.29 is 14.6 Å². The van der Waals surface area contributed by atoms with Crippen LogP contribution in [0.3, 0.4) is 0 Å². The minimum atomic E-state index is -0.899. The Balaban J connectivity index is 1.50. The van der Waals surface area contributed by atoms with Crippen LogP contribution in [0.4, 0.5) is 0 Å². The fourth-order valence-corrected chi connectivity index (χ4v) is 5.68. The van der Waals surface area contributed by atoms with Crippen LogP contribution in [0.2, 0.25) is 5.02 Å². The predicted molar refractivity (Wildman–Crippen MR) is 122 cm³/mol. The van der Waals surface area contributed by atoms with Crippen molar-refractivity contribution in [3.8, 4) is 0 Å². The van der Waals surface area contributed by atoms with Crippen LogP contribution in [0.15, 0.2) is 42.6 Å². The Morgan fingerprint density at radius 2 is 2.10 bits per heavy atom. The lowest BCUT2D eigenvalue weighted by Crippen LogP contribution is -2.45. The van der Waals surface area contributed by atoms with Crippen molar-refractivity contribution in [3.63, 3.8) is 0 Å². The summed E-state index contributed by atoms with van der Waals surface area (Å²) in [5.41, 5.74) is 4.80. The first kappa shape index (κ1) is 20.6. The summed E-state index contributed by atoms with van der Waals surface area (Å²) in [5.74, 6) is -0.899. The molecular weight excluding hydrogens is 412 g/mol. The Labute approximate surface area is 187 Å². The number of hydrogen-bond acceptors (Lipinski definition) is 3. The third-order valence-electron chi connectivity index (χ3n) is 7.05. The topological polar surface area (TPSA) is 65.6 Å². The standard InChI is InChI=1S/C25H27ClN2O3/c1-16-13-21(26)20(19-7-10-27-23(16)19)15-28-11-9-25(8-2-12-31-25)14-22(28)17-3-5-18(6-4-17)24(29)30/h3-7,10,13,22,27H,2,8-9,11-12,14-15H2,1H3,(H,29,30)/t22-,25?/m0/s1. The van der Waals surface area contributed by atoms with Crippen molar-refractivity contribution in [2.75, 3.05) is 13.2 Å². The SMILES string of the molecule is Cc1cc(Cl)c(CN2CCC3(CCCO3)C[C@H]2c2ccc(C(=O)O)cc2)c2cc[nH]c12. The fourth-order valence-electron chi connectivity index (χ4n) is 5.35. The van der Waals surface area contributed by atoms with Gasteiger partial charge in [0, 0.05) is 47.9 Å². The molecule has 1 aromatic heterocycles. The zero-order valence-electron chi connectivity index (χ0n) is 17.7. The molecule has 5 nitrogen and oxygen atoms in total. The van der Waals surface area contributed by atoms with Gasteiger partial charge in [0.1, 0.15) is 0 Å². The summed E-state index contributed by atoms with van der Waals surface area (Å²) in [6.45, 7) is 4.57. The van der Waals surface area contributed by atoms with Gasteiger partial charge < -0.3 is 14.8 Å². The molecule has 2 saturated heterocycles. The van der Waals surface area contributed by atoms with Crippen LogP contribution in [0, 0.1) is 6.92 Å². The summed E-state index contributed by atoms with van der Waals surface area (Å²) in [4.78, 5) is 17.1. The van der Waals surface area contributed by atoms with Crippen LogP contribution in [0.5, 0.6) is 0 Å². The summed E-state index contributed by atoms with van der Waals surface area (Å²) >= 11 is 6.72. The highest BCUT2D eigenvalue weighted by Gasteiger charge is 2.43. The van der Waals surface area contributed by atoms with Crippen LogP contribution in [-0.4, -0.2) is 39.7 Å². The zero-order chi connectivity index (χ0) is 21.6. The lowest BCUT2D eigenvalue weighted by molar-refractivity contribution is -0.0675. The first-order chi connectivity index (χ1) is 15.0. The molecule has 2 atom stereocenters. The number of nitrogens with one attached hydrogen (secondary N) is 1. The molecule has 5 rings (SSSR count). The molecule has 3 heterocycles. The number of aromatic amines is 1. The van der Waals surface area contributed by atoms with E-state index < -0.39 is 5.97 Å². The van der Waals surface area contributed by atoms with Gasteiger partial charge in [-0.1, -0.05) is 23.7 Å². The number of halogens is 1. The van der Waals surface area contributed by atoms with Crippen molar-refractivity contribution >= 4 is 28.5 Å². The number of carbonyl (C=O) groups is 1. The molecule has 0 bridgehead atoms. The second-order valence-corrected chi connectivity index (χ2v) is 9.33. The van der Waals surface area contributed by atoms with Crippen LogP contribution in [0.25, 0.3) is 10.9 Å². The van der Waals surface area contributed by atoms with Gasteiger partial charge in [0.15, 0.2) is 0 Å². The van der Waals surface area contributed by atoms with Crippen molar-refractivity contribution in [1.29, 1.82) is 0 Å². The number of ether oxygens (including phenoxy) is 1. The molecule has 2 aliphatic heterocycles. The smallest absolute Gasteiger partial charge is 0.335 e. The van der Waals surface area contributed by atoms with Gasteiger partial charge in [-0.2, -0.15) is 0 Å². The molecule has 0 amide bonds. The molecule has 0 aliphatic carbocycles. The number of H-pyrrole nitrogens is 1. The number of fused-ring (bicyclic) bond motifs is 1. The number of nitrogens with zero attached hydrogens (tertiary/aromatic N) is 1. The number of carboxylic acid groups (broad SMARTS) is 1. The number of aryl methyl sites for hydroxylation is 1. The largest absolute Gasteiger partial charge is 0.478 e. The molecule has 162 valence electrons. The molecule has 2 aliphatic rings. The molecule has 3 aromatic rings. The summed E-state index contributed by atoms with van der Waals surface area (Å²) in [6.07, 6.45) is 6.10. The lowest BCUT2D eigenvalue weighted by Gasteiger charge is -2.45. The molecule has 6 heteroatoms. The van der Waals surface area contributed by atoms with Gasteiger partial charge in [0.2, 0.25) is 0 Å². The van der Waals surface area contributed by atoms with Crippen LogP contribution in [0.1, 0.15) is 58.8 Å². The summed E-state index contributed by atoms with van der Waals surface area (Å²) in [6, 6.07) is 11.6. The van der Waals surface area contributed by atoms with Crippen LogP contribution < -0.4 is 0 Å². The van der Waals surface area contributed by atoms with E-state index in [-0.39, 0.29) is 11.6 Å². The first-order valence-electron chi connectivity index (χ1n) is 10.9. The molecule has 2 N–H and O–H groups in total. The lowest BCUT2D eigenvalue weighted by atomic mass is 9.81. The minimum Gasteiger partial charge on any atom is -0.478 e. The van der Waals surface area contributed by atoms with Crippen LogP contribution >= 0.6 is 11.6 Å². The quantitative estimate of drug-likeness (QED) is 0.547. The molecule has 2 fully saturated rings. The van der Waals surface area contributed by atoms with E-state index in [0.29, 0.717) is 5.56 Å². The maximum Gasteiger partial charge on any atom is 0.335 e. The fraction of sp³-hybridized carbons (Fsp3) is 0.400. The van der Waals surface area contributed by atoms with Crippen LogP contribution in [-0.2, 0) is 11.3 Å². The zero-order valence-corrected chi connectivity index (χ0v) is 18.4. The van der Waals surface area contributed by atoms with Crippen molar-refractivity contribution in [3.05, 3.63) is 69.9 Å². The summed E-state index contributed by atoms with van der Waals surface area (Å²) in [5, 5.41) is 11.2.